The summed E-state index contributed by atoms with van der Waals surface area (Å²) < 4.78 is 1.72. The van der Waals surface area contributed by atoms with Crippen molar-refractivity contribution in [2.75, 3.05) is 39.3 Å². The van der Waals surface area contributed by atoms with Gasteiger partial charge in [-0.25, -0.2) is 9.97 Å². The van der Waals surface area contributed by atoms with E-state index in [2.05, 4.69) is 10.1 Å². The molecule has 3 amide bonds. The van der Waals surface area contributed by atoms with Gasteiger partial charge in [0.05, 0.1) is 16.6 Å². The number of aryl methyl sites for hydroxylation is 1. The molecule has 2 aliphatic heterocycles. The van der Waals surface area contributed by atoms with Crippen LogP contribution in [0.2, 0.25) is 0 Å². The molecule has 2 saturated heterocycles. The minimum absolute atomic E-state index is 0.0917. The van der Waals surface area contributed by atoms with Crippen molar-refractivity contribution < 1.29 is 14.4 Å². The number of hydrogen-bond donors (Lipinski definition) is 0. The van der Waals surface area contributed by atoms with Crippen molar-refractivity contribution in [1.82, 2.24) is 34.4 Å². The highest BCUT2D eigenvalue weighted by Crippen LogP contribution is 2.41. The van der Waals surface area contributed by atoms with Crippen LogP contribution in [0.5, 0.6) is 0 Å². The van der Waals surface area contributed by atoms with Gasteiger partial charge in [0.2, 0.25) is 0 Å². The van der Waals surface area contributed by atoms with E-state index in [1.165, 1.54) is 0 Å². The van der Waals surface area contributed by atoms with Gasteiger partial charge in [-0.1, -0.05) is 6.07 Å². The molecular formula is C26H29N7O3. The molecule has 0 spiro atoms. The standard InChI is InChI=1S/C26H29N7O3/c1-17-22-19(16-20(18-7-8-18)28-23(22)33(29-17)21-6-2-3-9-27-21)24(34)31-12-14-32(15-13-31)26(36)25(35)30-10-4-5-11-30/h2-3,6,9,16,18H,4-5,7-8,10-15H2,1H3. The maximum atomic E-state index is 13.8. The summed E-state index contributed by atoms with van der Waals surface area (Å²) in [7, 11) is 0. The fourth-order valence-corrected chi connectivity index (χ4v) is 5.18. The zero-order valence-corrected chi connectivity index (χ0v) is 20.4. The Balaban J connectivity index is 1.27. The Morgan fingerprint density at radius 3 is 2.19 bits per heavy atom. The van der Waals surface area contributed by atoms with Crippen LogP contribution in [0.15, 0.2) is 30.5 Å². The monoisotopic (exact) mass is 487 g/mol. The third-order valence-corrected chi connectivity index (χ3v) is 7.36. The molecule has 6 rings (SSSR count). The lowest BCUT2D eigenvalue weighted by molar-refractivity contribution is -0.152. The van der Waals surface area contributed by atoms with Crippen LogP contribution in [0.25, 0.3) is 16.9 Å². The van der Waals surface area contributed by atoms with Crippen molar-refractivity contribution in [3.05, 3.63) is 47.4 Å². The Morgan fingerprint density at radius 2 is 1.56 bits per heavy atom. The zero-order valence-electron chi connectivity index (χ0n) is 20.4. The Bertz CT molecular complexity index is 1330. The van der Waals surface area contributed by atoms with Crippen LogP contribution in [-0.4, -0.2) is 91.4 Å². The minimum Gasteiger partial charge on any atom is -0.335 e. The van der Waals surface area contributed by atoms with Crippen molar-refractivity contribution in [2.45, 2.75) is 38.5 Å². The second-order valence-corrected chi connectivity index (χ2v) is 9.84. The summed E-state index contributed by atoms with van der Waals surface area (Å²) in [4.78, 5) is 53.4. The fourth-order valence-electron chi connectivity index (χ4n) is 5.18. The third kappa shape index (κ3) is 4.00. The maximum absolute atomic E-state index is 13.8. The molecule has 0 N–H and O–H groups in total. The molecule has 10 nitrogen and oxygen atoms in total. The van der Waals surface area contributed by atoms with E-state index >= 15 is 0 Å². The Labute approximate surface area is 208 Å². The average Bonchev–Trinajstić information content (AvgIpc) is 3.52. The van der Waals surface area contributed by atoms with Crippen molar-refractivity contribution in [3.8, 4) is 5.82 Å². The number of rotatable bonds is 3. The molecule has 36 heavy (non-hydrogen) atoms. The molecule has 0 aromatic carbocycles. The van der Waals surface area contributed by atoms with Gasteiger partial charge in [-0.05, 0) is 50.8 Å². The highest BCUT2D eigenvalue weighted by Gasteiger charge is 2.34. The van der Waals surface area contributed by atoms with Gasteiger partial charge in [-0.15, -0.1) is 0 Å². The van der Waals surface area contributed by atoms with Gasteiger partial charge in [-0.2, -0.15) is 9.78 Å². The van der Waals surface area contributed by atoms with Crippen molar-refractivity contribution >= 4 is 28.8 Å². The van der Waals surface area contributed by atoms with E-state index in [0.29, 0.717) is 62.2 Å². The normalized spacial score (nSPS) is 18.2. The largest absolute Gasteiger partial charge is 0.335 e. The first-order valence-electron chi connectivity index (χ1n) is 12.7. The van der Waals surface area contributed by atoms with E-state index in [9.17, 15) is 14.4 Å². The molecule has 3 aromatic heterocycles. The van der Waals surface area contributed by atoms with Crippen LogP contribution in [0.3, 0.4) is 0 Å². The maximum Gasteiger partial charge on any atom is 0.312 e. The molecule has 3 fully saturated rings. The number of nitrogens with zero attached hydrogens (tertiary/aromatic N) is 7. The van der Waals surface area contributed by atoms with Gasteiger partial charge in [-0.3, -0.25) is 14.4 Å². The summed E-state index contributed by atoms with van der Waals surface area (Å²) in [6.45, 7) is 4.64. The van der Waals surface area contributed by atoms with Crippen LogP contribution in [0.4, 0.5) is 0 Å². The van der Waals surface area contributed by atoms with E-state index in [1.807, 2.05) is 31.2 Å². The summed E-state index contributed by atoms with van der Waals surface area (Å²) >= 11 is 0. The lowest BCUT2D eigenvalue weighted by Gasteiger charge is -2.35. The number of carbonyl (C=O) groups excluding carboxylic acids is 3. The lowest BCUT2D eigenvalue weighted by Crippen LogP contribution is -2.54. The first-order chi connectivity index (χ1) is 17.5. The Hall–Kier alpha value is -3.82. The molecule has 0 radical (unpaired) electrons. The number of pyridine rings is 2. The summed E-state index contributed by atoms with van der Waals surface area (Å²) in [5.41, 5.74) is 2.87. The number of aromatic nitrogens is 4. The van der Waals surface area contributed by atoms with Gasteiger partial charge >= 0.3 is 11.8 Å². The van der Waals surface area contributed by atoms with Crippen LogP contribution in [0.1, 0.15) is 53.3 Å². The minimum atomic E-state index is -0.459. The molecule has 10 heteroatoms. The zero-order chi connectivity index (χ0) is 24.8. The van der Waals surface area contributed by atoms with Gasteiger partial charge in [0.25, 0.3) is 5.91 Å². The topological polar surface area (TPSA) is 105 Å². The van der Waals surface area contributed by atoms with E-state index in [4.69, 9.17) is 4.98 Å². The third-order valence-electron chi connectivity index (χ3n) is 7.36. The number of amides is 3. The van der Waals surface area contributed by atoms with Crippen LogP contribution < -0.4 is 0 Å². The molecule has 0 unspecified atom stereocenters. The number of likely N-dealkylation sites (tertiary alicyclic amines) is 1. The molecule has 3 aromatic rings. The number of piperazine rings is 1. The molecule has 1 saturated carbocycles. The number of fused-ring (bicyclic) bond motifs is 1. The van der Waals surface area contributed by atoms with Crippen LogP contribution >= 0.6 is 0 Å². The second kappa shape index (κ2) is 9.00. The molecular weight excluding hydrogens is 458 g/mol. The molecule has 1 aliphatic carbocycles. The quantitative estimate of drug-likeness (QED) is 0.523. The first kappa shape index (κ1) is 22.6. The van der Waals surface area contributed by atoms with E-state index < -0.39 is 11.8 Å². The van der Waals surface area contributed by atoms with E-state index in [1.54, 1.807) is 25.6 Å². The number of hydrogen-bond acceptors (Lipinski definition) is 6. The predicted octanol–water partition coefficient (Wildman–Crippen LogP) is 1.91. The Morgan fingerprint density at radius 1 is 0.889 bits per heavy atom. The van der Waals surface area contributed by atoms with Gasteiger partial charge in [0, 0.05) is 57.1 Å². The van der Waals surface area contributed by atoms with Crippen LogP contribution in [0, 0.1) is 6.92 Å². The summed E-state index contributed by atoms with van der Waals surface area (Å²) in [5.74, 6) is 0.0446. The lowest BCUT2D eigenvalue weighted by atomic mass is 10.1. The summed E-state index contributed by atoms with van der Waals surface area (Å²) in [5, 5.41) is 5.42. The van der Waals surface area contributed by atoms with E-state index in [0.717, 1.165) is 42.5 Å². The smallest absolute Gasteiger partial charge is 0.312 e. The summed E-state index contributed by atoms with van der Waals surface area (Å²) in [6, 6.07) is 7.55. The Kier molecular flexibility index (Phi) is 5.66. The summed E-state index contributed by atoms with van der Waals surface area (Å²) in [6.07, 6.45) is 5.73. The molecule has 3 aliphatic rings. The predicted molar refractivity (Wildman–Crippen MR) is 132 cm³/mol. The number of carbonyl (C=O) groups is 3. The van der Waals surface area contributed by atoms with Crippen molar-refractivity contribution in [2.24, 2.45) is 0 Å². The SMILES string of the molecule is Cc1nn(-c2ccccn2)c2nc(C3CC3)cc(C(=O)N3CCN(C(=O)C(=O)N4CCCC4)CC3)c12. The van der Waals surface area contributed by atoms with Crippen LogP contribution in [-0.2, 0) is 9.59 Å². The average molecular weight is 488 g/mol. The van der Waals surface area contributed by atoms with Gasteiger partial charge in [0.15, 0.2) is 11.5 Å². The van der Waals surface area contributed by atoms with Gasteiger partial charge in [0.1, 0.15) is 0 Å². The van der Waals surface area contributed by atoms with Crippen molar-refractivity contribution in [1.29, 1.82) is 0 Å². The first-order valence-corrected chi connectivity index (χ1v) is 12.7. The van der Waals surface area contributed by atoms with Gasteiger partial charge < -0.3 is 14.7 Å². The molecule has 0 atom stereocenters. The molecule has 0 bridgehead atoms. The second-order valence-electron chi connectivity index (χ2n) is 9.84. The highest BCUT2D eigenvalue weighted by molar-refractivity contribution is 6.35. The highest BCUT2D eigenvalue weighted by atomic mass is 16.2. The molecule has 186 valence electrons. The van der Waals surface area contributed by atoms with E-state index in [-0.39, 0.29) is 5.91 Å². The van der Waals surface area contributed by atoms with Crippen molar-refractivity contribution in [3.63, 3.8) is 0 Å². The fraction of sp³-hybridized carbons (Fsp3) is 0.462. The molecule has 5 heterocycles.